The van der Waals surface area contributed by atoms with Gasteiger partial charge in [-0.1, -0.05) is 6.08 Å². The number of alkyl halides is 1. The van der Waals surface area contributed by atoms with Gasteiger partial charge in [-0.3, -0.25) is 0 Å². The summed E-state index contributed by atoms with van der Waals surface area (Å²) >= 11 is 0. The van der Waals surface area contributed by atoms with Gasteiger partial charge < -0.3 is 5.32 Å². The van der Waals surface area contributed by atoms with Crippen LogP contribution in [0.2, 0.25) is 0 Å². The summed E-state index contributed by atoms with van der Waals surface area (Å²) < 4.78 is 11.7. The third-order valence-corrected chi connectivity index (χ3v) is 0.895. The first-order chi connectivity index (χ1) is 4.31. The van der Waals surface area contributed by atoms with Crippen LogP contribution in [0.5, 0.6) is 0 Å². The van der Waals surface area contributed by atoms with E-state index >= 15 is 0 Å². The second-order valence-corrected chi connectivity index (χ2v) is 1.86. The first-order valence-electron chi connectivity index (χ1n) is 2.99. The zero-order chi connectivity index (χ0) is 7.11. The molecule has 1 nitrogen and oxygen atoms in total. The van der Waals surface area contributed by atoms with Gasteiger partial charge >= 0.3 is 0 Å². The normalized spacial score (nSPS) is 13.0. The number of hydrogen-bond acceptors (Lipinski definition) is 0. The van der Waals surface area contributed by atoms with Gasteiger partial charge in [-0.15, -0.1) is 0 Å². The van der Waals surface area contributed by atoms with Crippen molar-refractivity contribution in [1.82, 2.24) is 0 Å². The Bertz CT molecular complexity index is 116. The maximum Gasteiger partial charge on any atom is 0.111 e. The average molecular weight is 130 g/mol. The molecule has 0 saturated heterocycles. The van der Waals surface area contributed by atoms with Crippen molar-refractivity contribution in [3.05, 3.63) is 23.9 Å². The largest absolute Gasteiger partial charge is 0.322 e. The van der Waals surface area contributed by atoms with Crippen molar-refractivity contribution in [2.75, 3.05) is 13.7 Å². The van der Waals surface area contributed by atoms with Crippen LogP contribution < -0.4 is 5.32 Å². The molecular formula is C7H13FN+. The van der Waals surface area contributed by atoms with Crippen molar-refractivity contribution in [1.29, 1.82) is 0 Å². The third kappa shape index (κ3) is 5.24. The van der Waals surface area contributed by atoms with Crippen molar-refractivity contribution in [3.63, 3.8) is 0 Å². The SMILES string of the molecule is C[NH2+]/C=C\C=C(\C)CF. The fraction of sp³-hybridized carbons (Fsp3) is 0.429. The Morgan fingerprint density at radius 3 is 2.78 bits per heavy atom. The highest BCUT2D eigenvalue weighted by atomic mass is 19.1. The fourth-order valence-corrected chi connectivity index (χ4v) is 0.375. The van der Waals surface area contributed by atoms with Crippen molar-refractivity contribution < 1.29 is 9.71 Å². The van der Waals surface area contributed by atoms with Crippen LogP contribution in [0.25, 0.3) is 0 Å². The van der Waals surface area contributed by atoms with Crippen molar-refractivity contribution in [3.8, 4) is 0 Å². The standard InChI is InChI=1S/C7H12FN/c1-7(6-8)4-3-5-9-2/h3-5,9H,6H2,1-2H3/p+1/b5-3-,7-4-. The summed E-state index contributed by atoms with van der Waals surface area (Å²) in [4.78, 5) is 0. The van der Waals surface area contributed by atoms with E-state index in [0.29, 0.717) is 0 Å². The highest BCUT2D eigenvalue weighted by Crippen LogP contribution is 1.91. The summed E-state index contributed by atoms with van der Waals surface area (Å²) in [5.74, 6) is 0. The molecule has 0 atom stereocenters. The van der Waals surface area contributed by atoms with E-state index < -0.39 is 0 Å². The van der Waals surface area contributed by atoms with E-state index in [4.69, 9.17) is 0 Å². The minimum absolute atomic E-state index is 0.353. The van der Waals surface area contributed by atoms with E-state index in [1.807, 2.05) is 24.6 Å². The fourth-order valence-electron chi connectivity index (χ4n) is 0.375. The molecule has 0 unspecified atom stereocenters. The molecule has 52 valence electrons. The predicted octanol–water partition coefficient (Wildman–Crippen LogP) is 0.609. The number of nitrogens with two attached hydrogens (primary N) is 1. The van der Waals surface area contributed by atoms with Crippen LogP contribution in [0.15, 0.2) is 23.9 Å². The van der Waals surface area contributed by atoms with Gasteiger partial charge in [-0.05, 0) is 18.6 Å². The molecule has 0 rings (SSSR count). The van der Waals surface area contributed by atoms with Crippen LogP contribution >= 0.6 is 0 Å². The maximum absolute atomic E-state index is 11.7. The monoisotopic (exact) mass is 130 g/mol. The number of quaternary nitrogens is 1. The van der Waals surface area contributed by atoms with Crippen LogP contribution in [0.4, 0.5) is 4.39 Å². The van der Waals surface area contributed by atoms with Crippen LogP contribution in [-0.2, 0) is 0 Å². The number of allylic oxidation sites excluding steroid dienone is 3. The molecule has 2 heteroatoms. The molecule has 0 spiro atoms. The lowest BCUT2D eigenvalue weighted by atomic mass is 10.3. The van der Waals surface area contributed by atoms with Gasteiger partial charge in [0.25, 0.3) is 0 Å². The van der Waals surface area contributed by atoms with Crippen molar-refractivity contribution in [2.24, 2.45) is 0 Å². The molecule has 0 aliphatic rings. The molecule has 0 amide bonds. The Kier molecular flexibility index (Phi) is 5.12. The van der Waals surface area contributed by atoms with Gasteiger partial charge in [0.15, 0.2) is 0 Å². The molecule has 0 saturated carbocycles. The summed E-state index contributed by atoms with van der Waals surface area (Å²) in [6.45, 7) is 1.41. The number of rotatable bonds is 3. The second kappa shape index (κ2) is 5.51. The van der Waals surface area contributed by atoms with E-state index in [-0.39, 0.29) is 6.67 Å². The molecular weight excluding hydrogens is 117 g/mol. The summed E-state index contributed by atoms with van der Waals surface area (Å²) in [6, 6.07) is 0. The van der Waals surface area contributed by atoms with Crippen LogP contribution in [-0.4, -0.2) is 13.7 Å². The van der Waals surface area contributed by atoms with Crippen LogP contribution in [0.3, 0.4) is 0 Å². The smallest absolute Gasteiger partial charge is 0.111 e. The van der Waals surface area contributed by atoms with Gasteiger partial charge in [-0.25, -0.2) is 4.39 Å². The Hall–Kier alpha value is -0.630. The Balaban J connectivity index is 3.55. The summed E-state index contributed by atoms with van der Waals surface area (Å²) in [6.07, 6.45) is 5.47. The molecule has 2 N–H and O–H groups in total. The molecule has 0 radical (unpaired) electrons. The molecule has 0 aliphatic carbocycles. The van der Waals surface area contributed by atoms with Gasteiger partial charge in [0.1, 0.15) is 6.67 Å². The van der Waals surface area contributed by atoms with Crippen LogP contribution in [0, 0.1) is 0 Å². The molecule has 0 heterocycles. The van der Waals surface area contributed by atoms with Gasteiger partial charge in [0.05, 0.1) is 13.2 Å². The van der Waals surface area contributed by atoms with E-state index in [1.54, 1.807) is 13.0 Å². The lowest BCUT2D eigenvalue weighted by Crippen LogP contribution is -2.72. The van der Waals surface area contributed by atoms with Gasteiger partial charge in [0, 0.05) is 0 Å². The predicted molar refractivity (Wildman–Crippen MR) is 36.7 cm³/mol. The third-order valence-electron chi connectivity index (χ3n) is 0.895. The lowest BCUT2D eigenvalue weighted by Gasteiger charge is -1.84. The quantitative estimate of drug-likeness (QED) is 0.539. The molecule has 0 aromatic carbocycles. The van der Waals surface area contributed by atoms with Crippen LogP contribution in [0.1, 0.15) is 6.92 Å². The molecule has 0 aromatic rings. The average Bonchev–Trinajstić information content (AvgIpc) is 1.89. The van der Waals surface area contributed by atoms with Gasteiger partial charge in [-0.2, -0.15) is 0 Å². The van der Waals surface area contributed by atoms with Crippen molar-refractivity contribution in [2.45, 2.75) is 6.92 Å². The van der Waals surface area contributed by atoms with E-state index in [1.165, 1.54) is 0 Å². The molecule has 0 fully saturated rings. The zero-order valence-corrected chi connectivity index (χ0v) is 5.89. The summed E-state index contributed by atoms with van der Waals surface area (Å²) in [5, 5.41) is 1.90. The number of halogens is 1. The highest BCUT2D eigenvalue weighted by Gasteiger charge is 1.80. The minimum atomic E-state index is -0.353. The van der Waals surface area contributed by atoms with Gasteiger partial charge in [0.2, 0.25) is 0 Å². The maximum atomic E-state index is 11.7. The van der Waals surface area contributed by atoms with E-state index in [0.717, 1.165) is 5.57 Å². The summed E-state index contributed by atoms with van der Waals surface area (Å²) in [5.41, 5.74) is 0.758. The minimum Gasteiger partial charge on any atom is -0.322 e. The number of hydrogen-bond donors (Lipinski definition) is 1. The first-order valence-corrected chi connectivity index (χ1v) is 2.99. The van der Waals surface area contributed by atoms with Crippen molar-refractivity contribution >= 4 is 0 Å². The lowest BCUT2D eigenvalue weighted by molar-refractivity contribution is -0.556. The van der Waals surface area contributed by atoms with E-state index in [2.05, 4.69) is 0 Å². The van der Waals surface area contributed by atoms with E-state index in [9.17, 15) is 4.39 Å². The zero-order valence-electron chi connectivity index (χ0n) is 5.89. The molecule has 0 bridgehead atoms. The topological polar surface area (TPSA) is 16.6 Å². The highest BCUT2D eigenvalue weighted by molar-refractivity contribution is 5.08. The molecule has 0 aromatic heterocycles. The Morgan fingerprint density at radius 1 is 1.67 bits per heavy atom. The molecule has 0 aliphatic heterocycles. The summed E-state index contributed by atoms with van der Waals surface area (Å²) in [7, 11) is 1.93. The molecule has 9 heavy (non-hydrogen) atoms. The first kappa shape index (κ1) is 8.37. The second-order valence-electron chi connectivity index (χ2n) is 1.86. The Labute approximate surface area is 55.3 Å². The Morgan fingerprint density at radius 2 is 2.33 bits per heavy atom.